The topological polar surface area (TPSA) is 62.2 Å². The number of hydrogen-bond acceptors (Lipinski definition) is 3. The van der Waals surface area contributed by atoms with E-state index in [1.807, 2.05) is 0 Å². The molecule has 0 atom stereocenters. The highest BCUT2D eigenvalue weighted by Crippen LogP contribution is 2.16. The van der Waals surface area contributed by atoms with E-state index in [-0.39, 0.29) is 0 Å². The van der Waals surface area contributed by atoms with Crippen molar-refractivity contribution in [2.24, 2.45) is 0 Å². The Hall–Kier alpha value is -0.620. The molecular formula is C5H5BrN2O2S. The first-order valence-corrected chi connectivity index (χ1v) is 4.73. The van der Waals surface area contributed by atoms with Gasteiger partial charge in [0.2, 0.25) is 0 Å². The van der Waals surface area contributed by atoms with E-state index in [0.717, 1.165) is 5.69 Å². The van der Waals surface area contributed by atoms with E-state index < -0.39 is 6.09 Å². The molecule has 2 N–H and O–H groups in total. The number of anilines is 1. The zero-order chi connectivity index (χ0) is 8.27. The van der Waals surface area contributed by atoms with Crippen molar-refractivity contribution in [1.82, 2.24) is 4.98 Å². The number of carboxylic acid groups (broad SMARTS) is 1. The molecule has 0 aliphatic carbocycles. The molecule has 0 aliphatic rings. The van der Waals surface area contributed by atoms with Gasteiger partial charge in [0, 0.05) is 10.7 Å². The lowest BCUT2D eigenvalue weighted by atomic mass is 10.6. The van der Waals surface area contributed by atoms with E-state index >= 15 is 0 Å². The van der Waals surface area contributed by atoms with Crippen LogP contribution in [0.3, 0.4) is 0 Å². The highest BCUT2D eigenvalue weighted by atomic mass is 79.9. The van der Waals surface area contributed by atoms with Gasteiger partial charge in [0.25, 0.3) is 0 Å². The van der Waals surface area contributed by atoms with E-state index in [1.165, 1.54) is 11.3 Å². The summed E-state index contributed by atoms with van der Waals surface area (Å²) in [5.74, 6) is 0. The third-order valence-corrected chi connectivity index (χ3v) is 2.28. The van der Waals surface area contributed by atoms with Crippen molar-refractivity contribution < 1.29 is 9.90 Å². The van der Waals surface area contributed by atoms with Crippen molar-refractivity contribution in [1.29, 1.82) is 0 Å². The number of alkyl halides is 1. The van der Waals surface area contributed by atoms with E-state index in [4.69, 9.17) is 5.11 Å². The van der Waals surface area contributed by atoms with Gasteiger partial charge in [-0.1, -0.05) is 15.9 Å². The Kier molecular flexibility index (Phi) is 2.84. The predicted octanol–water partition coefficient (Wildman–Crippen LogP) is 2.13. The summed E-state index contributed by atoms with van der Waals surface area (Å²) < 4.78 is 0. The summed E-state index contributed by atoms with van der Waals surface area (Å²) in [7, 11) is 0. The maximum Gasteiger partial charge on any atom is 0.410 e. The maximum absolute atomic E-state index is 10.1. The molecule has 1 amide bonds. The van der Waals surface area contributed by atoms with Gasteiger partial charge in [-0.3, -0.25) is 5.32 Å². The second-order valence-electron chi connectivity index (χ2n) is 1.71. The van der Waals surface area contributed by atoms with Crippen molar-refractivity contribution in [3.63, 3.8) is 0 Å². The number of nitrogens with one attached hydrogen (secondary N) is 1. The van der Waals surface area contributed by atoms with Gasteiger partial charge in [-0.2, -0.15) is 0 Å². The number of aromatic nitrogens is 1. The quantitative estimate of drug-likeness (QED) is 0.774. The minimum atomic E-state index is -1.08. The minimum Gasteiger partial charge on any atom is -0.465 e. The van der Waals surface area contributed by atoms with E-state index in [1.54, 1.807) is 5.38 Å². The zero-order valence-corrected chi connectivity index (χ0v) is 7.78. The van der Waals surface area contributed by atoms with E-state index in [2.05, 4.69) is 26.2 Å². The fourth-order valence-electron chi connectivity index (χ4n) is 0.517. The number of thiazole rings is 1. The lowest BCUT2D eigenvalue weighted by Crippen LogP contribution is -2.06. The second-order valence-corrected chi connectivity index (χ2v) is 3.13. The molecule has 0 unspecified atom stereocenters. The average Bonchev–Trinajstić information content (AvgIpc) is 2.34. The van der Waals surface area contributed by atoms with Gasteiger partial charge in [0.05, 0.1) is 5.69 Å². The summed E-state index contributed by atoms with van der Waals surface area (Å²) >= 11 is 4.48. The monoisotopic (exact) mass is 236 g/mol. The summed E-state index contributed by atoms with van der Waals surface area (Å²) in [4.78, 5) is 14.1. The molecule has 0 saturated heterocycles. The molecule has 4 nitrogen and oxygen atoms in total. The molecular weight excluding hydrogens is 232 g/mol. The van der Waals surface area contributed by atoms with Crippen LogP contribution in [0.15, 0.2) is 5.38 Å². The molecule has 11 heavy (non-hydrogen) atoms. The first kappa shape index (κ1) is 8.48. The number of hydrogen-bond donors (Lipinski definition) is 2. The number of carbonyl (C=O) groups is 1. The molecule has 1 aromatic heterocycles. The van der Waals surface area contributed by atoms with Crippen molar-refractivity contribution >= 4 is 38.5 Å². The Balaban J connectivity index is 2.65. The van der Waals surface area contributed by atoms with Crippen LogP contribution in [0.4, 0.5) is 9.93 Å². The van der Waals surface area contributed by atoms with Gasteiger partial charge < -0.3 is 5.11 Å². The molecule has 6 heteroatoms. The zero-order valence-electron chi connectivity index (χ0n) is 5.37. The van der Waals surface area contributed by atoms with Gasteiger partial charge >= 0.3 is 6.09 Å². The highest BCUT2D eigenvalue weighted by Gasteiger charge is 2.02. The van der Waals surface area contributed by atoms with Crippen LogP contribution in [0.5, 0.6) is 0 Å². The van der Waals surface area contributed by atoms with Crippen LogP contribution in [0, 0.1) is 0 Å². The molecule has 0 saturated carbocycles. The largest absolute Gasteiger partial charge is 0.465 e. The summed E-state index contributed by atoms with van der Waals surface area (Å²) in [6.45, 7) is 0. The van der Waals surface area contributed by atoms with Crippen LogP contribution < -0.4 is 5.32 Å². The molecule has 0 radical (unpaired) electrons. The predicted molar refractivity (Wildman–Crippen MR) is 46.4 cm³/mol. The Labute approximate surface area is 75.4 Å². The van der Waals surface area contributed by atoms with Crippen molar-refractivity contribution in [2.75, 3.05) is 5.32 Å². The van der Waals surface area contributed by atoms with Crippen LogP contribution in [-0.2, 0) is 5.33 Å². The second kappa shape index (κ2) is 3.68. The number of rotatable bonds is 2. The van der Waals surface area contributed by atoms with Crippen LogP contribution in [0.25, 0.3) is 0 Å². The van der Waals surface area contributed by atoms with Crippen LogP contribution in [0.2, 0.25) is 0 Å². The molecule has 0 aromatic carbocycles. The van der Waals surface area contributed by atoms with Gasteiger partial charge in [-0.15, -0.1) is 11.3 Å². The molecule has 1 aromatic rings. The number of halogens is 1. The smallest absolute Gasteiger partial charge is 0.410 e. The third kappa shape index (κ3) is 2.47. The lowest BCUT2D eigenvalue weighted by Gasteiger charge is -1.90. The van der Waals surface area contributed by atoms with Crippen molar-refractivity contribution in [2.45, 2.75) is 5.33 Å². The molecule has 1 heterocycles. The Morgan fingerprint density at radius 1 is 1.91 bits per heavy atom. The number of amides is 1. The molecule has 0 fully saturated rings. The summed E-state index contributed by atoms with van der Waals surface area (Å²) in [6.07, 6.45) is -1.08. The average molecular weight is 237 g/mol. The summed E-state index contributed by atoms with van der Waals surface area (Å²) in [6, 6.07) is 0. The maximum atomic E-state index is 10.1. The Bertz CT molecular complexity index is 263. The summed E-state index contributed by atoms with van der Waals surface area (Å²) in [5, 5.41) is 13.3. The van der Waals surface area contributed by atoms with Gasteiger partial charge in [-0.25, -0.2) is 9.78 Å². The van der Waals surface area contributed by atoms with Gasteiger partial charge in [-0.05, 0) is 0 Å². The molecule has 0 bridgehead atoms. The van der Waals surface area contributed by atoms with Crippen molar-refractivity contribution in [3.05, 3.63) is 11.1 Å². The molecule has 0 spiro atoms. The fraction of sp³-hybridized carbons (Fsp3) is 0.200. The fourth-order valence-corrected chi connectivity index (χ4v) is 1.72. The van der Waals surface area contributed by atoms with Gasteiger partial charge in [0.1, 0.15) is 0 Å². The first-order chi connectivity index (χ1) is 5.22. The molecule has 60 valence electrons. The summed E-state index contributed by atoms with van der Waals surface area (Å²) in [5.41, 5.74) is 0.832. The molecule has 1 rings (SSSR count). The minimum absolute atomic E-state index is 0.409. The SMILES string of the molecule is O=C(O)Nc1nc(CBr)cs1. The highest BCUT2D eigenvalue weighted by molar-refractivity contribution is 9.08. The Morgan fingerprint density at radius 2 is 2.64 bits per heavy atom. The lowest BCUT2D eigenvalue weighted by molar-refractivity contribution is 0.209. The first-order valence-electron chi connectivity index (χ1n) is 2.72. The van der Waals surface area contributed by atoms with Crippen molar-refractivity contribution in [3.8, 4) is 0 Å². The third-order valence-electron chi connectivity index (χ3n) is 0.903. The van der Waals surface area contributed by atoms with E-state index in [0.29, 0.717) is 10.5 Å². The van der Waals surface area contributed by atoms with E-state index in [9.17, 15) is 4.79 Å². The van der Waals surface area contributed by atoms with Gasteiger partial charge in [0.15, 0.2) is 5.13 Å². The van der Waals surface area contributed by atoms with Crippen LogP contribution in [0.1, 0.15) is 5.69 Å². The van der Waals surface area contributed by atoms with Crippen LogP contribution in [-0.4, -0.2) is 16.2 Å². The number of nitrogens with zero attached hydrogens (tertiary/aromatic N) is 1. The van der Waals surface area contributed by atoms with Crippen LogP contribution >= 0.6 is 27.3 Å². The standard InChI is InChI=1S/C5H5BrN2O2S/c6-1-3-2-11-4(7-3)8-5(9)10/h2H,1H2,(H,7,8)(H,9,10). The normalized spacial score (nSPS) is 9.55. The molecule has 0 aliphatic heterocycles. The Morgan fingerprint density at radius 3 is 3.09 bits per heavy atom.